The van der Waals surface area contributed by atoms with Crippen LogP contribution in [-0.2, 0) is 17.8 Å². The first-order valence-electron chi connectivity index (χ1n) is 9.19. The molecule has 0 atom stereocenters. The monoisotopic (exact) mass is 404 g/mol. The smallest absolute Gasteiger partial charge is 0.253 e. The van der Waals surface area contributed by atoms with Crippen molar-refractivity contribution in [3.63, 3.8) is 0 Å². The van der Waals surface area contributed by atoms with Crippen molar-refractivity contribution in [1.29, 1.82) is 0 Å². The zero-order valence-electron chi connectivity index (χ0n) is 15.5. The summed E-state index contributed by atoms with van der Waals surface area (Å²) in [5, 5.41) is 2.73. The van der Waals surface area contributed by atoms with E-state index >= 15 is 0 Å². The highest BCUT2D eigenvalue weighted by molar-refractivity contribution is 7.22. The van der Waals surface area contributed by atoms with Crippen LogP contribution in [0.1, 0.15) is 22.9 Å². The maximum absolute atomic E-state index is 13.1. The molecule has 0 fully saturated rings. The van der Waals surface area contributed by atoms with Gasteiger partial charge in [-0.1, -0.05) is 60.7 Å². The highest BCUT2D eigenvalue weighted by Crippen LogP contribution is 2.31. The molecule has 0 aliphatic rings. The number of aryl methyl sites for hydroxylation is 1. The van der Waals surface area contributed by atoms with Crippen molar-refractivity contribution < 1.29 is 4.79 Å². The van der Waals surface area contributed by atoms with Crippen molar-refractivity contribution in [2.45, 2.75) is 19.9 Å². The highest BCUT2D eigenvalue weighted by Gasteiger charge is 2.18. The third-order valence-corrected chi connectivity index (χ3v) is 6.34. The van der Waals surface area contributed by atoms with Gasteiger partial charge in [0.2, 0.25) is 0 Å². The van der Waals surface area contributed by atoms with Crippen LogP contribution in [0.25, 0.3) is 16.3 Å². The molecule has 4 aromatic rings. The number of fused-ring (bicyclic) bond motifs is 1. The first-order valence-corrected chi connectivity index (χ1v) is 10.9. The molecule has 2 aromatic heterocycles. The van der Waals surface area contributed by atoms with Crippen molar-refractivity contribution in [2.24, 2.45) is 0 Å². The number of anilines is 1. The zero-order chi connectivity index (χ0) is 19.3. The Morgan fingerprint density at radius 2 is 1.93 bits per heavy atom. The van der Waals surface area contributed by atoms with Crippen LogP contribution < -0.4 is 4.90 Å². The molecular weight excluding hydrogens is 384 g/mol. The summed E-state index contributed by atoms with van der Waals surface area (Å²) in [5.74, 6) is -0.0629. The molecule has 0 saturated heterocycles. The first kappa shape index (κ1) is 18.6. The number of rotatable bonds is 6. The normalized spacial score (nSPS) is 11.3. The molecular formula is C23H20N2OS2. The number of carbonyl (C=O) groups is 1. The van der Waals surface area contributed by atoms with E-state index in [4.69, 9.17) is 4.98 Å². The quantitative estimate of drug-likeness (QED) is 0.360. The Labute approximate surface area is 172 Å². The van der Waals surface area contributed by atoms with Crippen LogP contribution in [0.3, 0.4) is 0 Å². The number of benzene rings is 2. The van der Waals surface area contributed by atoms with E-state index < -0.39 is 0 Å². The highest BCUT2D eigenvalue weighted by atomic mass is 32.1. The van der Waals surface area contributed by atoms with Gasteiger partial charge in [0.15, 0.2) is 5.13 Å². The largest absolute Gasteiger partial charge is 0.280 e. The number of hydrogen-bond acceptors (Lipinski definition) is 4. The molecule has 3 nitrogen and oxygen atoms in total. The second kappa shape index (κ2) is 8.50. The van der Waals surface area contributed by atoms with Gasteiger partial charge >= 0.3 is 0 Å². The van der Waals surface area contributed by atoms with E-state index in [1.165, 1.54) is 5.56 Å². The maximum atomic E-state index is 13.1. The van der Waals surface area contributed by atoms with E-state index in [0.717, 1.165) is 32.2 Å². The van der Waals surface area contributed by atoms with Gasteiger partial charge in [0, 0.05) is 11.0 Å². The van der Waals surface area contributed by atoms with Crippen molar-refractivity contribution in [3.8, 4) is 0 Å². The average molecular weight is 405 g/mol. The molecule has 0 spiro atoms. The van der Waals surface area contributed by atoms with E-state index in [2.05, 4.69) is 19.1 Å². The Bertz CT molecular complexity index is 1100. The zero-order valence-corrected chi connectivity index (χ0v) is 17.2. The van der Waals surface area contributed by atoms with Gasteiger partial charge in [-0.25, -0.2) is 4.98 Å². The molecule has 2 aromatic carbocycles. The molecule has 140 valence electrons. The lowest BCUT2D eigenvalue weighted by Gasteiger charge is -2.18. The van der Waals surface area contributed by atoms with Crippen molar-refractivity contribution >= 4 is 50.0 Å². The van der Waals surface area contributed by atoms with Gasteiger partial charge in [0.05, 0.1) is 16.8 Å². The molecule has 0 N–H and O–H groups in total. The van der Waals surface area contributed by atoms with Gasteiger partial charge in [0.1, 0.15) is 0 Å². The lowest BCUT2D eigenvalue weighted by Crippen LogP contribution is -2.28. The molecule has 1 amide bonds. The molecule has 2 heterocycles. The van der Waals surface area contributed by atoms with Crippen LogP contribution >= 0.6 is 22.7 Å². The van der Waals surface area contributed by atoms with Gasteiger partial charge in [-0.3, -0.25) is 9.69 Å². The molecule has 5 heteroatoms. The number of thiophene rings is 1. The first-order chi connectivity index (χ1) is 13.7. The molecule has 0 aliphatic carbocycles. The number of hydrogen-bond donors (Lipinski definition) is 0. The summed E-state index contributed by atoms with van der Waals surface area (Å²) in [6.45, 7) is 2.64. The average Bonchev–Trinajstić information content (AvgIpc) is 3.39. The Hall–Kier alpha value is -2.76. The van der Waals surface area contributed by atoms with Crippen LogP contribution in [0, 0.1) is 0 Å². The molecule has 0 bridgehead atoms. The van der Waals surface area contributed by atoms with Gasteiger partial charge in [-0.15, -0.1) is 11.3 Å². The van der Waals surface area contributed by atoms with Crippen LogP contribution in [0.4, 0.5) is 5.13 Å². The Morgan fingerprint density at radius 3 is 2.68 bits per heavy atom. The van der Waals surface area contributed by atoms with Crippen molar-refractivity contribution in [1.82, 2.24) is 4.98 Å². The topological polar surface area (TPSA) is 33.2 Å². The minimum absolute atomic E-state index is 0.0629. The summed E-state index contributed by atoms with van der Waals surface area (Å²) in [5.41, 5.74) is 3.29. The predicted octanol–water partition coefficient (Wildman–Crippen LogP) is 6.17. The molecule has 0 aliphatic heterocycles. The molecule has 0 saturated carbocycles. The number of thiazole rings is 1. The molecule has 0 radical (unpaired) electrons. The predicted molar refractivity (Wildman–Crippen MR) is 120 cm³/mol. The lowest BCUT2D eigenvalue weighted by atomic mass is 10.2. The third-order valence-electron chi connectivity index (χ3n) is 4.46. The molecule has 4 rings (SSSR count). The number of nitrogens with zero attached hydrogens (tertiary/aromatic N) is 2. The van der Waals surface area contributed by atoms with Gasteiger partial charge in [0.25, 0.3) is 5.91 Å². The van der Waals surface area contributed by atoms with E-state index in [1.54, 1.807) is 33.6 Å². The Kier molecular flexibility index (Phi) is 5.65. The minimum Gasteiger partial charge on any atom is -0.280 e. The van der Waals surface area contributed by atoms with Crippen molar-refractivity contribution in [3.05, 3.63) is 88.1 Å². The van der Waals surface area contributed by atoms with Crippen LogP contribution in [0.2, 0.25) is 0 Å². The summed E-state index contributed by atoms with van der Waals surface area (Å²) >= 11 is 3.18. The van der Waals surface area contributed by atoms with Gasteiger partial charge < -0.3 is 0 Å². The lowest BCUT2D eigenvalue weighted by molar-refractivity contribution is -0.114. The van der Waals surface area contributed by atoms with E-state index in [9.17, 15) is 4.79 Å². The fourth-order valence-electron chi connectivity index (χ4n) is 2.93. The number of aromatic nitrogens is 1. The summed E-state index contributed by atoms with van der Waals surface area (Å²) in [6, 6.07) is 20.3. The third kappa shape index (κ3) is 4.21. The second-order valence-electron chi connectivity index (χ2n) is 6.41. The van der Waals surface area contributed by atoms with Gasteiger partial charge in [-0.05, 0) is 47.2 Å². The molecule has 28 heavy (non-hydrogen) atoms. The molecule has 0 unspecified atom stereocenters. The Balaban J connectivity index is 1.68. The standard InChI is InChI=1S/C23H20N2OS2/c1-2-17-10-12-20-21(15-17)28-23(24-20)25(16-18-7-4-3-5-8-18)22(26)13-11-19-9-6-14-27-19/h3-15H,2,16H2,1H3/b13-11+. The maximum Gasteiger partial charge on any atom is 0.253 e. The summed E-state index contributed by atoms with van der Waals surface area (Å²) in [4.78, 5) is 20.6. The minimum atomic E-state index is -0.0629. The summed E-state index contributed by atoms with van der Waals surface area (Å²) < 4.78 is 1.11. The van der Waals surface area contributed by atoms with E-state index in [0.29, 0.717) is 6.54 Å². The van der Waals surface area contributed by atoms with Crippen LogP contribution in [-0.4, -0.2) is 10.9 Å². The van der Waals surface area contributed by atoms with Crippen molar-refractivity contribution in [2.75, 3.05) is 4.90 Å². The fraction of sp³-hybridized carbons (Fsp3) is 0.130. The van der Waals surface area contributed by atoms with Crippen LogP contribution in [0.15, 0.2) is 72.1 Å². The van der Waals surface area contributed by atoms with E-state index in [1.807, 2.05) is 60.0 Å². The van der Waals surface area contributed by atoms with E-state index in [-0.39, 0.29) is 5.91 Å². The summed E-state index contributed by atoms with van der Waals surface area (Å²) in [6.07, 6.45) is 4.49. The summed E-state index contributed by atoms with van der Waals surface area (Å²) in [7, 11) is 0. The number of carbonyl (C=O) groups excluding carboxylic acids is 1. The van der Waals surface area contributed by atoms with Gasteiger partial charge in [-0.2, -0.15) is 0 Å². The SMILES string of the molecule is CCc1ccc2nc(N(Cc3ccccc3)C(=O)/C=C/c3cccs3)sc2c1. The van der Waals surface area contributed by atoms with Crippen LogP contribution in [0.5, 0.6) is 0 Å². The number of amides is 1. The Morgan fingerprint density at radius 1 is 1.07 bits per heavy atom. The fourth-order valence-corrected chi connectivity index (χ4v) is 4.58. The second-order valence-corrected chi connectivity index (χ2v) is 8.40.